The number of pyridine rings is 1. The van der Waals surface area contributed by atoms with E-state index >= 15 is 0 Å². The minimum Gasteiger partial charge on any atom is -0.477 e. The lowest BCUT2D eigenvalue weighted by Crippen LogP contribution is -2.41. The summed E-state index contributed by atoms with van der Waals surface area (Å²) in [7, 11) is -2.07. The van der Waals surface area contributed by atoms with Crippen LogP contribution >= 0.6 is 0 Å². The maximum atomic E-state index is 13.0. The highest BCUT2D eigenvalue weighted by atomic mass is 32.2. The molecule has 0 bridgehead atoms. The van der Waals surface area contributed by atoms with Crippen LogP contribution in [-0.2, 0) is 23.2 Å². The molecule has 0 aliphatic carbocycles. The van der Waals surface area contributed by atoms with Gasteiger partial charge in [0.1, 0.15) is 10.5 Å². The number of hydrogen-bond donors (Lipinski definition) is 0. The minimum absolute atomic E-state index is 0.0425. The third-order valence-electron chi connectivity index (χ3n) is 4.33. The number of aryl methyl sites for hydroxylation is 1. The van der Waals surface area contributed by atoms with Gasteiger partial charge in [0.25, 0.3) is 0 Å². The molecule has 3 heterocycles. The van der Waals surface area contributed by atoms with Gasteiger partial charge in [0.05, 0.1) is 12.8 Å². The van der Waals surface area contributed by atoms with Gasteiger partial charge < -0.3 is 4.74 Å². The number of aromatic nitrogens is 3. The number of hydrogen-bond acceptors (Lipinski definition) is 5. The van der Waals surface area contributed by atoms with Crippen molar-refractivity contribution in [2.24, 2.45) is 13.0 Å². The van der Waals surface area contributed by atoms with Gasteiger partial charge in [0.15, 0.2) is 0 Å². The van der Waals surface area contributed by atoms with Gasteiger partial charge in [-0.15, -0.1) is 0 Å². The molecule has 27 heavy (non-hydrogen) atoms. The van der Waals surface area contributed by atoms with E-state index in [0.717, 1.165) is 6.07 Å². The second kappa shape index (κ2) is 7.47. The number of sulfonamides is 1. The predicted octanol–water partition coefficient (Wildman–Crippen LogP) is 2.31. The predicted molar refractivity (Wildman–Crippen MR) is 89.4 cm³/mol. The minimum atomic E-state index is -4.56. The SMILES string of the molecule is Cn1cc(S(=O)(=O)N2CCCC(COc3ncccc3C(F)(F)F)C2)cn1. The fourth-order valence-electron chi connectivity index (χ4n) is 2.98. The normalized spacial score (nSPS) is 19.2. The Morgan fingerprint density at radius 2 is 2.15 bits per heavy atom. The van der Waals surface area contributed by atoms with Crippen molar-refractivity contribution < 1.29 is 26.3 Å². The zero-order valence-electron chi connectivity index (χ0n) is 14.6. The van der Waals surface area contributed by atoms with Crippen LogP contribution in [-0.4, -0.2) is 47.2 Å². The lowest BCUT2D eigenvalue weighted by molar-refractivity contribution is -0.139. The first-order valence-electron chi connectivity index (χ1n) is 8.32. The van der Waals surface area contributed by atoms with Crippen molar-refractivity contribution in [3.05, 3.63) is 36.3 Å². The molecule has 3 rings (SSSR count). The summed E-state index contributed by atoms with van der Waals surface area (Å²) in [6, 6.07) is 2.10. The van der Waals surface area contributed by atoms with Crippen LogP contribution in [0.25, 0.3) is 0 Å². The molecular weight excluding hydrogens is 385 g/mol. The molecule has 0 N–H and O–H groups in total. The Morgan fingerprint density at radius 3 is 2.81 bits per heavy atom. The van der Waals surface area contributed by atoms with Gasteiger partial charge in [-0.25, -0.2) is 13.4 Å². The van der Waals surface area contributed by atoms with Gasteiger partial charge in [-0.05, 0) is 25.0 Å². The van der Waals surface area contributed by atoms with E-state index in [1.54, 1.807) is 7.05 Å². The molecule has 1 unspecified atom stereocenters. The molecule has 0 spiro atoms. The van der Waals surface area contributed by atoms with Crippen molar-refractivity contribution in [3.63, 3.8) is 0 Å². The number of halogens is 3. The van der Waals surface area contributed by atoms with Crippen LogP contribution < -0.4 is 4.74 Å². The third-order valence-corrected chi connectivity index (χ3v) is 6.15. The molecule has 2 aromatic heterocycles. The molecule has 1 fully saturated rings. The Morgan fingerprint density at radius 1 is 1.37 bits per heavy atom. The fourth-order valence-corrected chi connectivity index (χ4v) is 4.52. The molecule has 0 amide bonds. The smallest absolute Gasteiger partial charge is 0.421 e. The summed E-state index contributed by atoms with van der Waals surface area (Å²) >= 11 is 0. The molecule has 0 saturated carbocycles. The van der Waals surface area contributed by atoms with Crippen molar-refractivity contribution >= 4 is 10.0 Å². The second-order valence-electron chi connectivity index (χ2n) is 6.39. The highest BCUT2D eigenvalue weighted by Gasteiger charge is 2.36. The zero-order chi connectivity index (χ0) is 19.7. The van der Waals surface area contributed by atoms with Crippen LogP contribution in [0.4, 0.5) is 13.2 Å². The summed E-state index contributed by atoms with van der Waals surface area (Å²) in [6.07, 6.45) is 0.615. The van der Waals surface area contributed by atoms with Crippen LogP contribution in [0, 0.1) is 5.92 Å². The van der Waals surface area contributed by atoms with Crippen LogP contribution in [0.15, 0.2) is 35.6 Å². The van der Waals surface area contributed by atoms with Gasteiger partial charge in [0.2, 0.25) is 15.9 Å². The molecule has 1 aliphatic rings. The maximum Gasteiger partial charge on any atom is 0.421 e. The molecule has 1 saturated heterocycles. The number of rotatable bonds is 5. The molecule has 7 nitrogen and oxygen atoms in total. The number of ether oxygens (including phenoxy) is 1. The first-order chi connectivity index (χ1) is 12.7. The van der Waals surface area contributed by atoms with E-state index < -0.39 is 27.6 Å². The van der Waals surface area contributed by atoms with Crippen LogP contribution in [0.3, 0.4) is 0 Å². The van der Waals surface area contributed by atoms with E-state index in [9.17, 15) is 21.6 Å². The van der Waals surface area contributed by atoms with E-state index in [0.29, 0.717) is 19.4 Å². The maximum absolute atomic E-state index is 13.0. The highest BCUT2D eigenvalue weighted by Crippen LogP contribution is 2.35. The van der Waals surface area contributed by atoms with Crippen LogP contribution in [0.5, 0.6) is 5.88 Å². The van der Waals surface area contributed by atoms with Crippen molar-refractivity contribution in [1.29, 1.82) is 0 Å². The van der Waals surface area contributed by atoms with Gasteiger partial charge in [-0.1, -0.05) is 0 Å². The summed E-state index contributed by atoms with van der Waals surface area (Å²) in [4.78, 5) is 3.76. The molecule has 11 heteroatoms. The lowest BCUT2D eigenvalue weighted by Gasteiger charge is -2.31. The molecule has 0 radical (unpaired) electrons. The molecular formula is C16H19F3N4O3S. The first kappa shape index (κ1) is 19.6. The van der Waals surface area contributed by atoms with Crippen molar-refractivity contribution in [2.45, 2.75) is 23.9 Å². The lowest BCUT2D eigenvalue weighted by atomic mass is 10.0. The number of nitrogens with zero attached hydrogens (tertiary/aromatic N) is 4. The van der Waals surface area contributed by atoms with E-state index in [4.69, 9.17) is 4.74 Å². The number of piperidine rings is 1. The average molecular weight is 404 g/mol. The Labute approximate surface area is 154 Å². The average Bonchev–Trinajstić information content (AvgIpc) is 3.07. The van der Waals surface area contributed by atoms with Gasteiger partial charge in [-0.3, -0.25) is 4.68 Å². The summed E-state index contributed by atoms with van der Waals surface area (Å²) in [6.45, 7) is 0.482. The second-order valence-corrected chi connectivity index (χ2v) is 8.32. The highest BCUT2D eigenvalue weighted by molar-refractivity contribution is 7.89. The zero-order valence-corrected chi connectivity index (χ0v) is 15.4. The standard InChI is InChI=1S/C16H19F3N4O3S/c1-22-10-13(8-21-22)27(24,25)23-7-3-4-12(9-23)11-26-15-14(16(17,18)19)5-2-6-20-15/h2,5-6,8,10,12H,3-4,7,9,11H2,1H3. The quantitative estimate of drug-likeness (QED) is 0.764. The van der Waals surface area contributed by atoms with Crippen molar-refractivity contribution in [1.82, 2.24) is 19.1 Å². The van der Waals surface area contributed by atoms with Crippen LogP contribution in [0.2, 0.25) is 0 Å². The Balaban J connectivity index is 1.68. The van der Waals surface area contributed by atoms with Crippen LogP contribution in [0.1, 0.15) is 18.4 Å². The fraction of sp³-hybridized carbons (Fsp3) is 0.500. The van der Waals surface area contributed by atoms with Gasteiger partial charge in [0, 0.05) is 38.4 Å². The number of alkyl halides is 3. The Kier molecular flexibility index (Phi) is 5.43. The molecule has 1 atom stereocenters. The summed E-state index contributed by atoms with van der Waals surface area (Å²) in [5, 5.41) is 3.88. The van der Waals surface area contributed by atoms with Gasteiger partial charge >= 0.3 is 6.18 Å². The molecule has 1 aliphatic heterocycles. The van der Waals surface area contributed by atoms with Gasteiger partial charge in [-0.2, -0.15) is 22.6 Å². The third kappa shape index (κ3) is 4.41. The molecule has 2 aromatic rings. The van der Waals surface area contributed by atoms with E-state index in [1.165, 1.54) is 33.6 Å². The summed E-state index contributed by atoms with van der Waals surface area (Å²) in [5.74, 6) is -0.717. The Hall–Kier alpha value is -2.14. The van der Waals surface area contributed by atoms with Crippen molar-refractivity contribution in [3.8, 4) is 5.88 Å². The topological polar surface area (TPSA) is 77.3 Å². The monoisotopic (exact) mass is 404 g/mol. The Bertz CT molecular complexity index is 898. The summed E-state index contributed by atoms with van der Waals surface area (Å²) < 4.78 is 72.4. The first-order valence-corrected chi connectivity index (χ1v) is 9.76. The molecule has 0 aromatic carbocycles. The van der Waals surface area contributed by atoms with Crippen molar-refractivity contribution in [2.75, 3.05) is 19.7 Å². The summed E-state index contributed by atoms with van der Waals surface area (Å²) in [5.41, 5.74) is -0.944. The molecule has 148 valence electrons. The van der Waals surface area contributed by atoms with E-state index in [-0.39, 0.29) is 24.0 Å². The largest absolute Gasteiger partial charge is 0.477 e. The van der Waals surface area contributed by atoms with E-state index in [1.807, 2.05) is 0 Å². The van der Waals surface area contributed by atoms with E-state index in [2.05, 4.69) is 10.1 Å².